The summed E-state index contributed by atoms with van der Waals surface area (Å²) >= 11 is 1.17. The summed E-state index contributed by atoms with van der Waals surface area (Å²) in [4.78, 5) is 61.8. The van der Waals surface area contributed by atoms with Crippen LogP contribution in [0.15, 0.2) is 42.2 Å². The van der Waals surface area contributed by atoms with Crippen molar-refractivity contribution in [1.82, 2.24) is 35.2 Å². The Hall–Kier alpha value is -4.17. The van der Waals surface area contributed by atoms with Crippen molar-refractivity contribution in [3.8, 4) is 0 Å². The molecule has 5 rings (SSSR count). The Morgan fingerprint density at radius 3 is 2.43 bits per heavy atom. The molecule has 47 heavy (non-hydrogen) atoms. The van der Waals surface area contributed by atoms with Crippen LogP contribution >= 0.6 is 11.3 Å². The van der Waals surface area contributed by atoms with Crippen LogP contribution in [-0.4, -0.2) is 93.5 Å². The molecule has 2 fully saturated rings. The van der Waals surface area contributed by atoms with E-state index in [4.69, 9.17) is 0 Å². The van der Waals surface area contributed by atoms with Gasteiger partial charge in [-0.2, -0.15) is 5.10 Å². The third-order valence-electron chi connectivity index (χ3n) is 9.24. The molecule has 3 aromatic rings. The number of anilines is 1. The van der Waals surface area contributed by atoms with Gasteiger partial charge in [0, 0.05) is 44.8 Å². The summed E-state index contributed by atoms with van der Waals surface area (Å²) in [6.45, 7) is 6.62. The van der Waals surface area contributed by atoms with E-state index in [1.807, 2.05) is 14.0 Å². The highest BCUT2D eigenvalue weighted by Gasteiger charge is 2.35. The highest BCUT2D eigenvalue weighted by Crippen LogP contribution is 2.29. The van der Waals surface area contributed by atoms with Gasteiger partial charge in [0.1, 0.15) is 28.5 Å². The molecule has 0 bridgehead atoms. The van der Waals surface area contributed by atoms with Crippen molar-refractivity contribution < 1.29 is 23.6 Å². The van der Waals surface area contributed by atoms with E-state index >= 15 is 4.39 Å². The quantitative estimate of drug-likeness (QED) is 0.285. The molecule has 252 valence electrons. The number of likely N-dealkylation sites (N-methyl/N-ethyl adjacent to an activating group) is 1. The summed E-state index contributed by atoms with van der Waals surface area (Å²) in [6, 6.07) is 4.21. The first-order chi connectivity index (χ1) is 22.7. The third-order valence-corrected chi connectivity index (χ3v) is 10.0. The highest BCUT2D eigenvalue weighted by atomic mass is 32.1. The fourth-order valence-electron chi connectivity index (χ4n) is 6.34. The first-order valence-corrected chi connectivity index (χ1v) is 17.1. The van der Waals surface area contributed by atoms with Crippen molar-refractivity contribution in [3.63, 3.8) is 0 Å². The number of nitrogens with zero attached hydrogens (tertiary/aromatic N) is 5. The van der Waals surface area contributed by atoms with Crippen LogP contribution in [0.4, 0.5) is 10.1 Å². The molecule has 2 aliphatic rings. The Kier molecular flexibility index (Phi) is 11.4. The van der Waals surface area contributed by atoms with E-state index in [0.717, 1.165) is 32.1 Å². The summed E-state index contributed by atoms with van der Waals surface area (Å²) < 4.78 is 17.3. The van der Waals surface area contributed by atoms with Crippen LogP contribution in [0.3, 0.4) is 0 Å². The van der Waals surface area contributed by atoms with Crippen LogP contribution in [0.1, 0.15) is 77.6 Å². The van der Waals surface area contributed by atoms with Crippen molar-refractivity contribution in [2.45, 2.75) is 70.5 Å². The maximum absolute atomic E-state index is 15.7. The van der Waals surface area contributed by atoms with Crippen molar-refractivity contribution in [1.29, 1.82) is 0 Å². The summed E-state index contributed by atoms with van der Waals surface area (Å²) in [5.74, 6) is -2.91. The fraction of sp³-hybridized carbons (Fsp3) is 0.515. The zero-order chi connectivity index (χ0) is 33.5. The number of rotatable bonds is 11. The van der Waals surface area contributed by atoms with Gasteiger partial charge >= 0.3 is 0 Å². The minimum absolute atomic E-state index is 0.0322. The van der Waals surface area contributed by atoms with E-state index in [-0.39, 0.29) is 17.5 Å². The van der Waals surface area contributed by atoms with Crippen LogP contribution in [0.2, 0.25) is 0 Å². The lowest BCUT2D eigenvalue weighted by atomic mass is 9.83. The first kappa shape index (κ1) is 34.2. The molecule has 3 unspecified atom stereocenters. The molecule has 3 atom stereocenters. The zero-order valence-corrected chi connectivity index (χ0v) is 27.9. The standard InChI is InChI=1S/C33H43FN8O4S/c1-4-42-26(12-13-36-42)30(43)39-29(22-8-6-5-7-9-22)32(45)37-25-11-10-23(18-24(25)34)21(2)28(38-31(44)27-19-35-20-47-27)33(46)41-16-14-40(3)15-17-41/h10-13,18-22,28-29H,4-9,14-17H2,1-3H3,(H,37,45)(H,38,44)(H,39,43). The van der Waals surface area contributed by atoms with Crippen LogP contribution in [0.5, 0.6) is 0 Å². The van der Waals surface area contributed by atoms with Crippen LogP contribution in [0.25, 0.3) is 0 Å². The van der Waals surface area contributed by atoms with Gasteiger partial charge < -0.3 is 25.8 Å². The molecule has 1 saturated heterocycles. The van der Waals surface area contributed by atoms with Gasteiger partial charge in [-0.25, -0.2) is 4.39 Å². The number of aromatic nitrogens is 3. The molecular formula is C33H43FN8O4S. The molecule has 14 heteroatoms. The summed E-state index contributed by atoms with van der Waals surface area (Å²) in [7, 11) is 1.99. The number of aryl methyl sites for hydroxylation is 1. The second-order valence-electron chi connectivity index (χ2n) is 12.3. The number of hydrogen-bond donors (Lipinski definition) is 3. The number of thiazole rings is 1. The maximum atomic E-state index is 15.7. The van der Waals surface area contributed by atoms with Gasteiger partial charge in [0.2, 0.25) is 11.8 Å². The van der Waals surface area contributed by atoms with Crippen molar-refractivity contribution >= 4 is 40.7 Å². The molecule has 1 aliphatic heterocycles. The van der Waals surface area contributed by atoms with Crippen LogP contribution < -0.4 is 16.0 Å². The molecule has 0 spiro atoms. The predicted molar refractivity (Wildman–Crippen MR) is 177 cm³/mol. The molecule has 1 saturated carbocycles. The maximum Gasteiger partial charge on any atom is 0.270 e. The Bertz CT molecular complexity index is 1550. The second-order valence-corrected chi connectivity index (χ2v) is 13.2. The summed E-state index contributed by atoms with van der Waals surface area (Å²) in [5.41, 5.74) is 2.36. The number of hydrogen-bond acceptors (Lipinski definition) is 8. The lowest BCUT2D eigenvalue weighted by molar-refractivity contribution is -0.135. The Labute approximate surface area is 278 Å². The average molecular weight is 667 g/mol. The number of piperazine rings is 1. The Morgan fingerprint density at radius 1 is 1.02 bits per heavy atom. The molecular weight excluding hydrogens is 623 g/mol. The summed E-state index contributed by atoms with van der Waals surface area (Å²) in [5, 5.41) is 12.6. The lowest BCUT2D eigenvalue weighted by Gasteiger charge is -2.36. The number of nitrogens with one attached hydrogen (secondary N) is 3. The summed E-state index contributed by atoms with van der Waals surface area (Å²) in [6.07, 6.45) is 7.51. The Balaban J connectivity index is 1.33. The number of carbonyl (C=O) groups is 4. The molecule has 3 heterocycles. The normalized spacial score (nSPS) is 17.8. The average Bonchev–Trinajstić information content (AvgIpc) is 3.80. The number of carbonyl (C=O) groups excluding carboxylic acids is 4. The number of halogens is 1. The van der Waals surface area contributed by atoms with Gasteiger partial charge in [0.25, 0.3) is 11.8 Å². The molecule has 4 amide bonds. The van der Waals surface area contributed by atoms with Crippen molar-refractivity contribution in [2.75, 3.05) is 38.5 Å². The molecule has 3 N–H and O–H groups in total. The van der Waals surface area contributed by atoms with E-state index < -0.39 is 41.5 Å². The monoisotopic (exact) mass is 666 g/mol. The minimum Gasteiger partial charge on any atom is -0.339 e. The van der Waals surface area contributed by atoms with E-state index in [9.17, 15) is 19.2 Å². The predicted octanol–water partition coefficient (Wildman–Crippen LogP) is 3.49. The molecule has 1 aliphatic carbocycles. The van der Waals surface area contributed by atoms with Gasteiger partial charge in [-0.1, -0.05) is 32.3 Å². The van der Waals surface area contributed by atoms with Gasteiger partial charge in [-0.3, -0.25) is 28.8 Å². The molecule has 0 radical (unpaired) electrons. The Morgan fingerprint density at radius 2 is 1.77 bits per heavy atom. The van der Waals surface area contributed by atoms with E-state index in [1.54, 1.807) is 40.3 Å². The second kappa shape index (κ2) is 15.6. The number of amides is 4. The fourth-order valence-corrected chi connectivity index (χ4v) is 6.86. The number of benzene rings is 1. The zero-order valence-electron chi connectivity index (χ0n) is 27.1. The largest absolute Gasteiger partial charge is 0.339 e. The van der Waals surface area contributed by atoms with E-state index in [2.05, 4.69) is 30.9 Å². The van der Waals surface area contributed by atoms with Crippen molar-refractivity contribution in [2.24, 2.45) is 5.92 Å². The lowest BCUT2D eigenvalue weighted by Crippen LogP contribution is -2.55. The minimum atomic E-state index is -0.949. The van der Waals surface area contributed by atoms with E-state index in [1.165, 1.54) is 29.7 Å². The van der Waals surface area contributed by atoms with Gasteiger partial charge in [0.15, 0.2) is 0 Å². The topological polar surface area (TPSA) is 142 Å². The van der Waals surface area contributed by atoms with Crippen LogP contribution in [-0.2, 0) is 16.1 Å². The van der Waals surface area contributed by atoms with Crippen LogP contribution in [0, 0.1) is 11.7 Å². The van der Waals surface area contributed by atoms with Gasteiger partial charge in [-0.05, 0) is 56.5 Å². The molecule has 12 nitrogen and oxygen atoms in total. The van der Waals surface area contributed by atoms with E-state index in [0.29, 0.717) is 48.9 Å². The highest BCUT2D eigenvalue weighted by molar-refractivity contribution is 7.11. The van der Waals surface area contributed by atoms with Gasteiger partial charge in [0.05, 0.1) is 17.4 Å². The van der Waals surface area contributed by atoms with Gasteiger partial charge in [-0.15, -0.1) is 11.3 Å². The molecule has 2 aromatic heterocycles. The van der Waals surface area contributed by atoms with Crippen molar-refractivity contribution in [3.05, 3.63) is 64.1 Å². The first-order valence-electron chi connectivity index (χ1n) is 16.3. The third kappa shape index (κ3) is 8.22. The molecule has 1 aromatic carbocycles. The smallest absolute Gasteiger partial charge is 0.270 e. The SMILES string of the molecule is CCn1nccc1C(=O)NC(C(=O)Nc1ccc(C(C)C(NC(=O)c2cncs2)C(=O)N2CCN(C)CC2)cc1F)C1CCCCC1.